The van der Waals surface area contributed by atoms with Gasteiger partial charge < -0.3 is 14.3 Å². The molecule has 0 saturated heterocycles. The molecule has 1 saturated carbocycles. The summed E-state index contributed by atoms with van der Waals surface area (Å²) in [5.41, 5.74) is 0.559. The Morgan fingerprint density at radius 3 is 2.96 bits per heavy atom. The molecular weight excluding hydrogens is 378 g/mol. The van der Waals surface area contributed by atoms with Crippen molar-refractivity contribution in [2.75, 3.05) is 7.11 Å². The Bertz CT molecular complexity index is 1120. The zero-order valence-electron chi connectivity index (χ0n) is 15.3. The van der Waals surface area contributed by atoms with Crippen LogP contribution >= 0.6 is 11.8 Å². The van der Waals surface area contributed by atoms with E-state index in [1.165, 1.54) is 18.9 Å². The van der Waals surface area contributed by atoms with E-state index < -0.39 is 5.97 Å². The Kier molecular flexibility index (Phi) is 4.99. The molecule has 1 aliphatic rings. The van der Waals surface area contributed by atoms with Crippen molar-refractivity contribution in [3.8, 4) is 0 Å². The lowest BCUT2D eigenvalue weighted by molar-refractivity contribution is 0.0601. The van der Waals surface area contributed by atoms with Gasteiger partial charge in [0.15, 0.2) is 5.16 Å². The van der Waals surface area contributed by atoms with Gasteiger partial charge in [0.2, 0.25) is 0 Å². The number of nitrogens with one attached hydrogen (secondary N) is 1. The second-order valence-electron chi connectivity index (χ2n) is 6.54. The summed E-state index contributed by atoms with van der Waals surface area (Å²) in [6.07, 6.45) is 4.10. The molecule has 1 fully saturated rings. The van der Waals surface area contributed by atoms with Crippen molar-refractivity contribution >= 4 is 28.6 Å². The van der Waals surface area contributed by atoms with Crippen LogP contribution in [0.3, 0.4) is 0 Å². The fraction of sp³-hybridized carbons (Fsp3) is 0.316. The van der Waals surface area contributed by atoms with Crippen LogP contribution in [0.4, 0.5) is 0 Å². The number of carbonyl (C=O) groups is 1. The summed E-state index contributed by atoms with van der Waals surface area (Å²) in [5.74, 6) is 1.94. The van der Waals surface area contributed by atoms with Crippen molar-refractivity contribution in [3.63, 3.8) is 0 Å². The van der Waals surface area contributed by atoms with Crippen LogP contribution in [0.2, 0.25) is 0 Å². The molecule has 0 aliphatic heterocycles. The minimum atomic E-state index is -0.468. The molecule has 0 spiro atoms. The van der Waals surface area contributed by atoms with Crippen LogP contribution in [0.25, 0.3) is 10.9 Å². The smallest absolute Gasteiger partial charge is 0.337 e. The molecule has 1 N–H and O–H groups in total. The van der Waals surface area contributed by atoms with Crippen molar-refractivity contribution in [1.82, 2.24) is 24.7 Å². The number of esters is 1. The van der Waals surface area contributed by atoms with Crippen LogP contribution in [0.1, 0.15) is 40.8 Å². The standard InChI is InChI=1S/C19H19N5O3S/c1-3-8-24-16(11-4-5-11)22-23-19(24)28-10-15-20-14-9-12(18(26)27-2)6-7-13(14)17(25)21-15/h3,6-7,9,11H,1,4-5,8,10H2,2H3,(H,20,21,25). The lowest BCUT2D eigenvalue weighted by atomic mass is 10.1. The highest BCUT2D eigenvalue weighted by molar-refractivity contribution is 7.98. The molecule has 0 atom stereocenters. The van der Waals surface area contributed by atoms with E-state index >= 15 is 0 Å². The lowest BCUT2D eigenvalue weighted by Gasteiger charge is -2.07. The van der Waals surface area contributed by atoms with E-state index in [4.69, 9.17) is 4.74 Å². The first-order chi connectivity index (χ1) is 13.6. The summed E-state index contributed by atoms with van der Waals surface area (Å²) < 4.78 is 6.79. The number of fused-ring (bicyclic) bond motifs is 1. The molecule has 1 aromatic carbocycles. The first-order valence-corrected chi connectivity index (χ1v) is 9.87. The largest absolute Gasteiger partial charge is 0.465 e. The summed E-state index contributed by atoms with van der Waals surface area (Å²) in [4.78, 5) is 31.4. The maximum Gasteiger partial charge on any atom is 0.337 e. The highest BCUT2D eigenvalue weighted by Gasteiger charge is 2.30. The molecule has 0 radical (unpaired) electrons. The third-order valence-corrected chi connectivity index (χ3v) is 5.49. The van der Waals surface area contributed by atoms with Gasteiger partial charge in [-0.2, -0.15) is 0 Å². The van der Waals surface area contributed by atoms with Gasteiger partial charge in [-0.05, 0) is 31.0 Å². The van der Waals surface area contributed by atoms with Gasteiger partial charge in [0.25, 0.3) is 5.56 Å². The van der Waals surface area contributed by atoms with Crippen LogP contribution in [0, 0.1) is 0 Å². The number of aromatic amines is 1. The fourth-order valence-corrected chi connectivity index (χ4v) is 3.81. The van der Waals surface area contributed by atoms with Crippen LogP contribution in [-0.4, -0.2) is 37.8 Å². The number of hydrogen-bond acceptors (Lipinski definition) is 7. The Morgan fingerprint density at radius 1 is 1.43 bits per heavy atom. The minimum Gasteiger partial charge on any atom is -0.465 e. The van der Waals surface area contributed by atoms with Crippen molar-refractivity contribution in [3.05, 3.63) is 58.4 Å². The van der Waals surface area contributed by atoms with Crippen molar-refractivity contribution in [2.45, 2.75) is 36.2 Å². The zero-order chi connectivity index (χ0) is 19.7. The van der Waals surface area contributed by atoms with E-state index in [1.54, 1.807) is 18.2 Å². The number of aromatic nitrogens is 5. The van der Waals surface area contributed by atoms with Crippen LogP contribution in [-0.2, 0) is 17.0 Å². The molecule has 0 bridgehead atoms. The molecular formula is C19H19N5O3S. The van der Waals surface area contributed by atoms with Gasteiger partial charge in [-0.3, -0.25) is 4.79 Å². The van der Waals surface area contributed by atoms with Gasteiger partial charge in [0.05, 0.1) is 29.3 Å². The quantitative estimate of drug-likeness (QED) is 0.371. The number of allylic oxidation sites excluding steroid dienone is 1. The molecule has 0 amide bonds. The monoisotopic (exact) mass is 397 g/mol. The Hall–Kier alpha value is -2.94. The number of carbonyl (C=O) groups excluding carboxylic acids is 1. The molecule has 3 aromatic rings. The Morgan fingerprint density at radius 2 is 2.25 bits per heavy atom. The Labute approximate surface area is 165 Å². The normalized spacial score (nSPS) is 13.6. The lowest BCUT2D eigenvalue weighted by Crippen LogP contribution is -2.12. The van der Waals surface area contributed by atoms with Gasteiger partial charge in [-0.1, -0.05) is 17.8 Å². The second kappa shape index (κ2) is 7.59. The molecule has 4 rings (SSSR count). The molecule has 1 aliphatic carbocycles. The van der Waals surface area contributed by atoms with E-state index in [0.29, 0.717) is 40.5 Å². The number of nitrogens with zero attached hydrogens (tertiary/aromatic N) is 4. The maximum atomic E-state index is 12.4. The van der Waals surface area contributed by atoms with Gasteiger partial charge in [0.1, 0.15) is 11.6 Å². The van der Waals surface area contributed by atoms with Gasteiger partial charge in [-0.25, -0.2) is 9.78 Å². The van der Waals surface area contributed by atoms with Gasteiger partial charge in [0, 0.05) is 12.5 Å². The molecule has 9 heteroatoms. The average Bonchev–Trinajstić information content (AvgIpc) is 3.47. The molecule has 0 unspecified atom stereocenters. The first kappa shape index (κ1) is 18.4. The molecule has 144 valence electrons. The summed E-state index contributed by atoms with van der Waals surface area (Å²) in [5, 5.41) is 9.80. The van der Waals surface area contributed by atoms with Crippen LogP contribution in [0.15, 0.2) is 40.8 Å². The van der Waals surface area contributed by atoms with Gasteiger partial charge >= 0.3 is 5.97 Å². The third-order valence-electron chi connectivity index (χ3n) is 4.51. The predicted octanol–water partition coefficient (Wildman–Crippen LogP) is 2.66. The number of benzene rings is 1. The SMILES string of the molecule is C=CCn1c(SCc2nc3cc(C(=O)OC)ccc3c(=O)[nH]2)nnc1C1CC1. The number of thioether (sulfide) groups is 1. The number of rotatable bonds is 7. The summed E-state index contributed by atoms with van der Waals surface area (Å²) >= 11 is 1.46. The van der Waals surface area contributed by atoms with Crippen molar-refractivity contribution in [2.24, 2.45) is 0 Å². The Balaban J connectivity index is 1.60. The van der Waals surface area contributed by atoms with Gasteiger partial charge in [-0.15, -0.1) is 16.8 Å². The zero-order valence-corrected chi connectivity index (χ0v) is 16.2. The fourth-order valence-electron chi connectivity index (χ4n) is 2.99. The van der Waals surface area contributed by atoms with E-state index in [2.05, 4.69) is 31.3 Å². The highest BCUT2D eigenvalue weighted by atomic mass is 32.2. The van der Waals surface area contributed by atoms with E-state index in [9.17, 15) is 9.59 Å². The topological polar surface area (TPSA) is 103 Å². The molecule has 8 nitrogen and oxygen atoms in total. The van der Waals surface area contributed by atoms with Crippen molar-refractivity contribution in [1.29, 1.82) is 0 Å². The molecule has 2 aromatic heterocycles. The summed E-state index contributed by atoms with van der Waals surface area (Å²) in [6.45, 7) is 4.45. The van der Waals surface area contributed by atoms with E-state index in [1.807, 2.05) is 6.08 Å². The maximum absolute atomic E-state index is 12.4. The highest BCUT2D eigenvalue weighted by Crippen LogP contribution is 2.40. The third kappa shape index (κ3) is 3.57. The first-order valence-electron chi connectivity index (χ1n) is 8.88. The van der Waals surface area contributed by atoms with Crippen LogP contribution < -0.4 is 5.56 Å². The summed E-state index contributed by atoms with van der Waals surface area (Å²) in [6, 6.07) is 4.69. The number of ether oxygens (including phenoxy) is 1. The number of hydrogen-bond donors (Lipinski definition) is 1. The van der Waals surface area contributed by atoms with Crippen LogP contribution in [0.5, 0.6) is 0 Å². The minimum absolute atomic E-state index is 0.247. The average molecular weight is 397 g/mol. The van der Waals surface area contributed by atoms with E-state index in [-0.39, 0.29) is 5.56 Å². The van der Waals surface area contributed by atoms with Crippen molar-refractivity contribution < 1.29 is 9.53 Å². The molecule has 2 heterocycles. The number of H-pyrrole nitrogens is 1. The number of methoxy groups -OCH3 is 1. The predicted molar refractivity (Wildman–Crippen MR) is 105 cm³/mol. The molecule has 28 heavy (non-hydrogen) atoms. The summed E-state index contributed by atoms with van der Waals surface area (Å²) in [7, 11) is 1.31. The van der Waals surface area contributed by atoms with E-state index in [0.717, 1.165) is 23.8 Å². The second-order valence-corrected chi connectivity index (χ2v) is 7.48.